The molecule has 1 aliphatic rings. The Morgan fingerprint density at radius 2 is 2.33 bits per heavy atom. The van der Waals surface area contributed by atoms with Crippen molar-refractivity contribution >= 4 is 11.6 Å². The van der Waals surface area contributed by atoms with E-state index in [0.29, 0.717) is 0 Å². The number of hydrogen-bond donors (Lipinski definition) is 1. The fourth-order valence-electron chi connectivity index (χ4n) is 2.15. The van der Waals surface area contributed by atoms with E-state index in [-0.39, 0.29) is 5.41 Å². The van der Waals surface area contributed by atoms with Gasteiger partial charge in [0.15, 0.2) is 0 Å². The molecule has 1 aromatic rings. The van der Waals surface area contributed by atoms with Gasteiger partial charge in [0, 0.05) is 12.4 Å². The summed E-state index contributed by atoms with van der Waals surface area (Å²) in [5.74, 6) is 0.784. The molecule has 2 nitrogen and oxygen atoms in total. The monoisotopic (exact) mass is 224 g/mol. The summed E-state index contributed by atoms with van der Waals surface area (Å²) >= 11 is 6.11. The summed E-state index contributed by atoms with van der Waals surface area (Å²) in [4.78, 5) is 4.00. The highest BCUT2D eigenvalue weighted by Gasteiger charge is 2.40. The molecule has 1 heterocycles. The van der Waals surface area contributed by atoms with Crippen LogP contribution in [-0.2, 0) is 6.42 Å². The second-order valence-corrected chi connectivity index (χ2v) is 5.18. The molecule has 1 unspecified atom stereocenters. The normalized spacial score (nSPS) is 19.9. The van der Waals surface area contributed by atoms with Crippen LogP contribution in [0.5, 0.6) is 0 Å². The molecule has 0 amide bonds. The average molecular weight is 225 g/mol. The van der Waals surface area contributed by atoms with Crippen LogP contribution in [0, 0.1) is 11.3 Å². The number of rotatable bonds is 4. The van der Waals surface area contributed by atoms with Crippen molar-refractivity contribution in [3.8, 4) is 0 Å². The molecule has 15 heavy (non-hydrogen) atoms. The summed E-state index contributed by atoms with van der Waals surface area (Å²) in [5, 5.41) is 0.762. The van der Waals surface area contributed by atoms with Gasteiger partial charge in [0.2, 0.25) is 0 Å². The molecule has 1 saturated carbocycles. The second-order valence-electron chi connectivity index (χ2n) is 4.78. The van der Waals surface area contributed by atoms with Crippen LogP contribution >= 0.6 is 11.6 Å². The van der Waals surface area contributed by atoms with E-state index in [1.54, 1.807) is 12.4 Å². The Morgan fingerprint density at radius 3 is 2.87 bits per heavy atom. The Kier molecular flexibility index (Phi) is 2.98. The Balaban J connectivity index is 2.16. The van der Waals surface area contributed by atoms with E-state index < -0.39 is 0 Å². The first-order valence-corrected chi connectivity index (χ1v) is 5.82. The number of nitrogens with two attached hydrogens (primary N) is 1. The van der Waals surface area contributed by atoms with Gasteiger partial charge in [-0.1, -0.05) is 18.5 Å². The van der Waals surface area contributed by atoms with E-state index in [9.17, 15) is 0 Å². The molecule has 0 radical (unpaired) electrons. The molecule has 1 aromatic heterocycles. The molecule has 0 aliphatic heterocycles. The van der Waals surface area contributed by atoms with Crippen LogP contribution in [0.15, 0.2) is 18.5 Å². The van der Waals surface area contributed by atoms with Crippen molar-refractivity contribution in [2.24, 2.45) is 17.1 Å². The summed E-state index contributed by atoms with van der Waals surface area (Å²) in [6, 6.07) is 2.00. The number of aromatic nitrogens is 1. The third-order valence-electron chi connectivity index (χ3n) is 3.48. The zero-order valence-corrected chi connectivity index (χ0v) is 9.80. The molecule has 0 bridgehead atoms. The van der Waals surface area contributed by atoms with Crippen molar-refractivity contribution < 1.29 is 0 Å². The maximum absolute atomic E-state index is 6.11. The summed E-state index contributed by atoms with van der Waals surface area (Å²) in [6.45, 7) is 3.00. The predicted molar refractivity (Wildman–Crippen MR) is 62.8 cm³/mol. The molecule has 82 valence electrons. The van der Waals surface area contributed by atoms with Crippen LogP contribution in [0.1, 0.15) is 25.3 Å². The van der Waals surface area contributed by atoms with Crippen LogP contribution in [0.25, 0.3) is 0 Å². The van der Waals surface area contributed by atoms with Crippen molar-refractivity contribution in [2.45, 2.75) is 26.2 Å². The van der Waals surface area contributed by atoms with Crippen LogP contribution in [-0.4, -0.2) is 11.5 Å². The molecule has 2 N–H and O–H groups in total. The summed E-state index contributed by atoms with van der Waals surface area (Å²) in [6.07, 6.45) is 7.11. The molecule has 3 heteroatoms. The highest BCUT2D eigenvalue weighted by molar-refractivity contribution is 6.31. The standard InChI is InChI=1S/C12H17ClN2/c1-12(8-14,10-2-3-10)6-9-4-5-15-7-11(9)13/h4-5,7,10H,2-3,6,8,14H2,1H3. The van der Waals surface area contributed by atoms with Gasteiger partial charge in [-0.05, 0) is 48.8 Å². The molecule has 0 aromatic carbocycles. The van der Waals surface area contributed by atoms with E-state index in [2.05, 4.69) is 11.9 Å². The van der Waals surface area contributed by atoms with Gasteiger partial charge in [-0.15, -0.1) is 0 Å². The lowest BCUT2D eigenvalue weighted by Crippen LogP contribution is -2.31. The number of pyridine rings is 1. The SMILES string of the molecule is CC(CN)(Cc1ccncc1Cl)C1CC1. The first-order chi connectivity index (χ1) is 7.15. The van der Waals surface area contributed by atoms with Gasteiger partial charge in [-0.3, -0.25) is 4.98 Å². The van der Waals surface area contributed by atoms with Gasteiger partial charge in [0.1, 0.15) is 0 Å². The van der Waals surface area contributed by atoms with Crippen molar-refractivity contribution in [2.75, 3.05) is 6.54 Å². The maximum atomic E-state index is 6.11. The Labute approximate surface area is 95.8 Å². The Bertz CT molecular complexity index is 349. The molecule has 0 spiro atoms. The fraction of sp³-hybridized carbons (Fsp3) is 0.583. The number of halogens is 1. The van der Waals surface area contributed by atoms with Gasteiger partial charge in [0.25, 0.3) is 0 Å². The highest BCUT2D eigenvalue weighted by Crippen LogP contribution is 2.47. The maximum Gasteiger partial charge on any atom is 0.0621 e. The summed E-state index contributed by atoms with van der Waals surface area (Å²) in [5.41, 5.74) is 7.27. The molecule has 0 saturated heterocycles. The largest absolute Gasteiger partial charge is 0.330 e. The Hall–Kier alpha value is -0.600. The van der Waals surface area contributed by atoms with E-state index in [1.807, 2.05) is 6.07 Å². The van der Waals surface area contributed by atoms with E-state index in [1.165, 1.54) is 18.4 Å². The highest BCUT2D eigenvalue weighted by atomic mass is 35.5. The van der Waals surface area contributed by atoms with Crippen LogP contribution in [0.4, 0.5) is 0 Å². The molecule has 1 aliphatic carbocycles. The van der Waals surface area contributed by atoms with Gasteiger partial charge < -0.3 is 5.73 Å². The van der Waals surface area contributed by atoms with E-state index in [4.69, 9.17) is 17.3 Å². The lowest BCUT2D eigenvalue weighted by molar-refractivity contribution is 0.282. The van der Waals surface area contributed by atoms with Gasteiger partial charge in [-0.25, -0.2) is 0 Å². The molecule has 1 atom stereocenters. The van der Waals surface area contributed by atoms with Crippen molar-refractivity contribution in [1.29, 1.82) is 0 Å². The Morgan fingerprint density at radius 1 is 1.60 bits per heavy atom. The quantitative estimate of drug-likeness (QED) is 0.854. The topological polar surface area (TPSA) is 38.9 Å². The third kappa shape index (κ3) is 2.32. The smallest absolute Gasteiger partial charge is 0.0621 e. The second kappa shape index (κ2) is 4.11. The first kappa shape index (κ1) is 10.9. The van der Waals surface area contributed by atoms with Gasteiger partial charge >= 0.3 is 0 Å². The van der Waals surface area contributed by atoms with E-state index >= 15 is 0 Å². The zero-order valence-electron chi connectivity index (χ0n) is 9.04. The molecule has 2 rings (SSSR count). The van der Waals surface area contributed by atoms with Crippen LogP contribution in [0.2, 0.25) is 5.02 Å². The third-order valence-corrected chi connectivity index (χ3v) is 3.82. The van der Waals surface area contributed by atoms with E-state index in [0.717, 1.165) is 23.9 Å². The van der Waals surface area contributed by atoms with Crippen molar-refractivity contribution in [3.05, 3.63) is 29.0 Å². The molecule has 1 fully saturated rings. The predicted octanol–water partition coefficient (Wildman–Crippen LogP) is 2.65. The lowest BCUT2D eigenvalue weighted by atomic mass is 9.79. The molecular weight excluding hydrogens is 208 g/mol. The van der Waals surface area contributed by atoms with Gasteiger partial charge in [-0.2, -0.15) is 0 Å². The first-order valence-electron chi connectivity index (χ1n) is 5.44. The number of nitrogens with zero attached hydrogens (tertiary/aromatic N) is 1. The van der Waals surface area contributed by atoms with Crippen molar-refractivity contribution in [1.82, 2.24) is 4.98 Å². The number of hydrogen-bond acceptors (Lipinski definition) is 2. The summed E-state index contributed by atoms with van der Waals surface area (Å²) < 4.78 is 0. The van der Waals surface area contributed by atoms with Crippen LogP contribution in [0.3, 0.4) is 0 Å². The van der Waals surface area contributed by atoms with Crippen LogP contribution < -0.4 is 5.73 Å². The summed E-state index contributed by atoms with van der Waals surface area (Å²) in [7, 11) is 0. The average Bonchev–Trinajstić information content (AvgIpc) is 3.05. The zero-order chi connectivity index (χ0) is 10.9. The minimum atomic E-state index is 0.213. The minimum Gasteiger partial charge on any atom is -0.330 e. The van der Waals surface area contributed by atoms with Crippen molar-refractivity contribution in [3.63, 3.8) is 0 Å². The minimum absolute atomic E-state index is 0.213. The van der Waals surface area contributed by atoms with Gasteiger partial charge in [0.05, 0.1) is 5.02 Å². The fourth-order valence-corrected chi connectivity index (χ4v) is 2.33. The molecular formula is C12H17ClN2. The lowest BCUT2D eigenvalue weighted by Gasteiger charge is -2.28.